The van der Waals surface area contributed by atoms with Crippen LogP contribution in [0.5, 0.6) is 0 Å². The number of amides is 1. The summed E-state index contributed by atoms with van der Waals surface area (Å²) >= 11 is 1.10. The molecule has 0 unspecified atom stereocenters. The number of para-hydroxylation sites is 2. The first-order valence-electron chi connectivity index (χ1n) is 7.47. The lowest BCUT2D eigenvalue weighted by Gasteiger charge is -2.18. The molecule has 128 valence electrons. The minimum atomic E-state index is -3.71. The highest BCUT2D eigenvalue weighted by molar-refractivity contribution is 7.93. The number of hydrogen-bond donors (Lipinski definition) is 1. The fourth-order valence-electron chi connectivity index (χ4n) is 2.22. The van der Waals surface area contributed by atoms with Gasteiger partial charge in [-0.25, -0.2) is 8.42 Å². The van der Waals surface area contributed by atoms with Crippen molar-refractivity contribution in [1.29, 1.82) is 0 Å². The van der Waals surface area contributed by atoms with Crippen molar-refractivity contribution in [2.45, 2.75) is 4.90 Å². The van der Waals surface area contributed by atoms with Crippen molar-refractivity contribution in [1.82, 2.24) is 0 Å². The Bertz CT molecular complexity index is 968. The molecule has 5 nitrogen and oxygen atoms in total. The van der Waals surface area contributed by atoms with Crippen molar-refractivity contribution in [3.8, 4) is 0 Å². The zero-order valence-corrected chi connectivity index (χ0v) is 15.0. The van der Waals surface area contributed by atoms with Crippen LogP contribution < -0.4 is 9.62 Å². The van der Waals surface area contributed by atoms with Crippen LogP contribution in [0.15, 0.2) is 77.0 Å². The normalized spacial score (nSPS) is 11.1. The third kappa shape index (κ3) is 3.72. The Hall–Kier alpha value is -2.64. The maximum atomic E-state index is 12.7. The number of benzene rings is 2. The van der Waals surface area contributed by atoms with E-state index in [9.17, 15) is 13.2 Å². The van der Waals surface area contributed by atoms with E-state index >= 15 is 0 Å². The summed E-state index contributed by atoms with van der Waals surface area (Å²) in [5, 5.41) is 4.23. The summed E-state index contributed by atoms with van der Waals surface area (Å²) in [6, 6.07) is 19.2. The van der Waals surface area contributed by atoms with Crippen molar-refractivity contribution in [2.24, 2.45) is 0 Å². The summed E-state index contributed by atoms with van der Waals surface area (Å²) in [6.45, 7) is 0. The van der Waals surface area contributed by atoms with E-state index in [1.54, 1.807) is 36.4 Å². The Morgan fingerprint density at radius 2 is 1.60 bits per heavy atom. The van der Waals surface area contributed by atoms with Crippen molar-refractivity contribution in [2.75, 3.05) is 16.7 Å². The highest BCUT2D eigenvalue weighted by atomic mass is 32.2. The number of carbonyl (C=O) groups excluding carboxylic acids is 1. The van der Waals surface area contributed by atoms with Crippen LogP contribution in [0.4, 0.5) is 11.4 Å². The fraction of sp³-hybridized carbons (Fsp3) is 0.0556. The molecule has 0 saturated carbocycles. The van der Waals surface area contributed by atoms with Gasteiger partial charge in [-0.2, -0.15) is 0 Å². The first-order valence-corrected chi connectivity index (χ1v) is 9.79. The zero-order chi connectivity index (χ0) is 17.9. The van der Waals surface area contributed by atoms with Crippen LogP contribution in [0, 0.1) is 0 Å². The van der Waals surface area contributed by atoms with E-state index in [1.165, 1.54) is 22.8 Å². The van der Waals surface area contributed by atoms with Crippen molar-refractivity contribution >= 4 is 38.6 Å². The summed E-state index contributed by atoms with van der Waals surface area (Å²) in [5.41, 5.74) is 1.22. The Labute approximate surface area is 150 Å². The minimum Gasteiger partial charge on any atom is -0.321 e. The molecule has 0 aliphatic carbocycles. The molecule has 3 aromatic rings. The maximum Gasteiger partial charge on any atom is 0.265 e. The lowest BCUT2D eigenvalue weighted by Crippen LogP contribution is -2.26. The van der Waals surface area contributed by atoms with Gasteiger partial charge in [-0.05, 0) is 30.3 Å². The number of thiophene rings is 1. The second-order valence-electron chi connectivity index (χ2n) is 5.27. The summed E-state index contributed by atoms with van der Waals surface area (Å²) < 4.78 is 26.7. The second-order valence-corrected chi connectivity index (χ2v) is 8.16. The van der Waals surface area contributed by atoms with E-state index in [0.717, 1.165) is 11.3 Å². The summed E-state index contributed by atoms with van der Waals surface area (Å²) in [7, 11) is -2.22. The minimum absolute atomic E-state index is 0.0991. The summed E-state index contributed by atoms with van der Waals surface area (Å²) in [6.07, 6.45) is 0. The molecule has 1 amide bonds. The van der Waals surface area contributed by atoms with E-state index in [0.29, 0.717) is 16.3 Å². The van der Waals surface area contributed by atoms with Crippen molar-refractivity contribution in [3.05, 3.63) is 77.0 Å². The molecule has 1 N–H and O–H groups in total. The van der Waals surface area contributed by atoms with Crippen LogP contribution in [0.1, 0.15) is 9.67 Å². The van der Waals surface area contributed by atoms with Crippen LogP contribution in [0.2, 0.25) is 0 Å². The molecule has 1 heterocycles. The van der Waals surface area contributed by atoms with Gasteiger partial charge >= 0.3 is 0 Å². The number of anilines is 2. The molecule has 0 saturated heterocycles. The molecular weight excluding hydrogens is 356 g/mol. The molecule has 0 aliphatic rings. The number of rotatable bonds is 5. The predicted octanol–water partition coefficient (Wildman–Crippen LogP) is 3.83. The number of hydrogen-bond acceptors (Lipinski definition) is 4. The summed E-state index contributed by atoms with van der Waals surface area (Å²) in [4.78, 5) is 12.7. The first-order chi connectivity index (χ1) is 12.0. The van der Waals surface area contributed by atoms with Gasteiger partial charge in [-0.15, -0.1) is 11.3 Å². The van der Waals surface area contributed by atoms with Gasteiger partial charge in [-0.1, -0.05) is 36.4 Å². The predicted molar refractivity (Wildman–Crippen MR) is 101 cm³/mol. The van der Waals surface area contributed by atoms with Crippen LogP contribution in [-0.4, -0.2) is 21.4 Å². The summed E-state index contributed by atoms with van der Waals surface area (Å²) in [5.74, 6) is -0.333. The number of carbonyl (C=O) groups is 1. The Kier molecular flexibility index (Phi) is 4.87. The lowest BCUT2D eigenvalue weighted by molar-refractivity contribution is 0.103. The monoisotopic (exact) mass is 372 g/mol. The fourth-order valence-corrected chi connectivity index (χ4v) is 4.57. The molecule has 3 rings (SSSR count). The molecule has 0 spiro atoms. The van der Waals surface area contributed by atoms with Gasteiger partial charge in [0.05, 0.1) is 15.5 Å². The zero-order valence-electron chi connectivity index (χ0n) is 13.4. The molecule has 0 bridgehead atoms. The van der Waals surface area contributed by atoms with Gasteiger partial charge in [0.1, 0.15) is 0 Å². The van der Waals surface area contributed by atoms with Crippen LogP contribution in [-0.2, 0) is 10.0 Å². The van der Waals surface area contributed by atoms with Gasteiger partial charge in [0.15, 0.2) is 0 Å². The van der Waals surface area contributed by atoms with Crippen LogP contribution in [0.3, 0.4) is 0 Å². The molecule has 25 heavy (non-hydrogen) atoms. The smallest absolute Gasteiger partial charge is 0.265 e. The highest BCUT2D eigenvalue weighted by Gasteiger charge is 2.24. The molecular formula is C18H16N2O3S2. The largest absolute Gasteiger partial charge is 0.321 e. The number of nitrogens with zero attached hydrogens (tertiary/aromatic N) is 1. The van der Waals surface area contributed by atoms with Gasteiger partial charge in [0.2, 0.25) is 0 Å². The molecule has 7 heteroatoms. The number of sulfonamides is 1. The third-order valence-electron chi connectivity index (χ3n) is 3.61. The third-order valence-corrected chi connectivity index (χ3v) is 6.45. The molecule has 0 radical (unpaired) electrons. The van der Waals surface area contributed by atoms with E-state index in [2.05, 4.69) is 5.32 Å². The Morgan fingerprint density at radius 3 is 2.24 bits per heavy atom. The molecule has 0 fully saturated rings. The second kappa shape index (κ2) is 7.08. The van der Waals surface area contributed by atoms with Crippen molar-refractivity contribution in [3.63, 3.8) is 0 Å². The molecule has 1 aromatic heterocycles. The average Bonchev–Trinajstić information content (AvgIpc) is 3.14. The van der Waals surface area contributed by atoms with Gasteiger partial charge in [-0.3, -0.25) is 9.10 Å². The van der Waals surface area contributed by atoms with E-state index in [4.69, 9.17) is 0 Å². The lowest BCUT2D eigenvalue weighted by atomic mass is 10.3. The quantitative estimate of drug-likeness (QED) is 0.740. The van der Waals surface area contributed by atoms with E-state index in [1.807, 2.05) is 24.3 Å². The Balaban J connectivity index is 1.82. The van der Waals surface area contributed by atoms with Crippen LogP contribution >= 0.6 is 11.3 Å². The van der Waals surface area contributed by atoms with Gasteiger partial charge in [0.25, 0.3) is 15.9 Å². The average molecular weight is 372 g/mol. The van der Waals surface area contributed by atoms with Crippen LogP contribution in [0.25, 0.3) is 0 Å². The van der Waals surface area contributed by atoms with Crippen molar-refractivity contribution < 1.29 is 13.2 Å². The molecule has 0 atom stereocenters. The first kappa shape index (κ1) is 17.2. The SMILES string of the molecule is CN(c1ccccc1)S(=O)(=O)c1csc(C(=O)Nc2ccccc2)c1. The number of nitrogens with one attached hydrogen (secondary N) is 1. The van der Waals surface area contributed by atoms with E-state index in [-0.39, 0.29) is 10.8 Å². The highest BCUT2D eigenvalue weighted by Crippen LogP contribution is 2.26. The van der Waals surface area contributed by atoms with Gasteiger partial charge < -0.3 is 5.32 Å². The maximum absolute atomic E-state index is 12.7. The topological polar surface area (TPSA) is 66.5 Å². The Morgan fingerprint density at radius 1 is 1.00 bits per heavy atom. The van der Waals surface area contributed by atoms with E-state index < -0.39 is 10.0 Å². The standard InChI is InChI=1S/C18H16N2O3S2/c1-20(15-10-6-3-7-11-15)25(22,23)16-12-17(24-13-16)18(21)19-14-8-4-2-5-9-14/h2-13H,1H3,(H,19,21). The van der Waals surface area contributed by atoms with Gasteiger partial charge in [0, 0.05) is 18.1 Å². The molecule has 0 aliphatic heterocycles. The molecule has 2 aromatic carbocycles.